The van der Waals surface area contributed by atoms with Crippen molar-refractivity contribution >= 4 is 38.4 Å². The van der Waals surface area contributed by atoms with Crippen LogP contribution in [0.4, 0.5) is 5.82 Å². The molecular formula is C19H23N7OS. The van der Waals surface area contributed by atoms with E-state index in [2.05, 4.69) is 37.8 Å². The molecule has 1 aliphatic heterocycles. The minimum Gasteiger partial charge on any atom is -0.392 e. The zero-order valence-electron chi connectivity index (χ0n) is 15.7. The van der Waals surface area contributed by atoms with Gasteiger partial charge in [0.1, 0.15) is 11.3 Å². The van der Waals surface area contributed by atoms with Gasteiger partial charge in [-0.2, -0.15) is 5.10 Å². The van der Waals surface area contributed by atoms with Crippen LogP contribution in [0.15, 0.2) is 18.3 Å². The van der Waals surface area contributed by atoms with Crippen LogP contribution < -0.4 is 5.73 Å². The molecule has 0 spiro atoms. The van der Waals surface area contributed by atoms with E-state index in [0.717, 1.165) is 76.5 Å². The van der Waals surface area contributed by atoms with Gasteiger partial charge in [0, 0.05) is 32.8 Å². The summed E-state index contributed by atoms with van der Waals surface area (Å²) in [4.78, 5) is 12.8. The predicted octanol–water partition coefficient (Wildman–Crippen LogP) is 2.15. The molecule has 1 aliphatic rings. The molecule has 1 unspecified atom stereocenters. The zero-order valence-corrected chi connectivity index (χ0v) is 16.5. The van der Waals surface area contributed by atoms with E-state index < -0.39 is 0 Å². The van der Waals surface area contributed by atoms with Gasteiger partial charge in [-0.05, 0) is 31.5 Å². The molecule has 4 aromatic rings. The number of anilines is 1. The number of likely N-dealkylation sites (tertiary alicyclic amines) is 1. The first-order valence-electron chi connectivity index (χ1n) is 9.54. The lowest BCUT2D eigenvalue weighted by Crippen LogP contribution is -2.23. The van der Waals surface area contributed by atoms with Gasteiger partial charge >= 0.3 is 0 Å². The van der Waals surface area contributed by atoms with Crippen LogP contribution in [0.25, 0.3) is 31.8 Å². The molecule has 1 fully saturated rings. The number of rotatable bonds is 5. The maximum absolute atomic E-state index is 9.67. The summed E-state index contributed by atoms with van der Waals surface area (Å²) < 4.78 is 3.25. The van der Waals surface area contributed by atoms with Gasteiger partial charge in [-0.1, -0.05) is 0 Å². The number of imidazole rings is 1. The van der Waals surface area contributed by atoms with Crippen molar-refractivity contribution in [1.29, 1.82) is 0 Å². The van der Waals surface area contributed by atoms with E-state index in [9.17, 15) is 5.11 Å². The lowest BCUT2D eigenvalue weighted by Gasteiger charge is -2.14. The van der Waals surface area contributed by atoms with Crippen LogP contribution >= 0.6 is 11.3 Å². The normalized spacial score (nSPS) is 18.0. The molecule has 0 radical (unpaired) electrons. The third-order valence-electron chi connectivity index (χ3n) is 5.49. The highest BCUT2D eigenvalue weighted by atomic mass is 32.1. The van der Waals surface area contributed by atoms with Gasteiger partial charge in [0.2, 0.25) is 0 Å². The number of pyridine rings is 1. The number of aromatic nitrogens is 5. The molecule has 0 saturated carbocycles. The van der Waals surface area contributed by atoms with E-state index in [-0.39, 0.29) is 6.10 Å². The Labute approximate surface area is 166 Å². The van der Waals surface area contributed by atoms with Gasteiger partial charge in [0.05, 0.1) is 32.4 Å². The lowest BCUT2D eigenvalue weighted by molar-refractivity contribution is 0.176. The molecule has 5 rings (SSSR count). The van der Waals surface area contributed by atoms with Crippen molar-refractivity contribution < 1.29 is 5.11 Å². The van der Waals surface area contributed by atoms with Gasteiger partial charge in [0.15, 0.2) is 5.82 Å². The summed E-state index contributed by atoms with van der Waals surface area (Å²) in [5.74, 6) is 1.49. The van der Waals surface area contributed by atoms with Crippen molar-refractivity contribution in [3.63, 3.8) is 0 Å². The molecular weight excluding hydrogens is 374 g/mol. The number of aliphatic hydroxyl groups is 1. The Kier molecular flexibility index (Phi) is 4.30. The molecule has 0 bridgehead atoms. The van der Waals surface area contributed by atoms with E-state index >= 15 is 0 Å². The average molecular weight is 398 g/mol. The fourth-order valence-electron chi connectivity index (χ4n) is 4.03. The number of nitrogens with two attached hydrogens (primary N) is 1. The minimum atomic E-state index is -0.169. The van der Waals surface area contributed by atoms with Gasteiger partial charge in [-0.25, -0.2) is 9.97 Å². The number of nitrogens with zero attached hydrogens (tertiary/aromatic N) is 5. The Balaban J connectivity index is 1.47. The molecule has 5 heterocycles. The number of aryl methyl sites for hydroxylation is 2. The summed E-state index contributed by atoms with van der Waals surface area (Å²) >= 11 is 1.68. The average Bonchev–Trinajstić information content (AvgIpc) is 3.43. The molecule has 0 aliphatic carbocycles. The predicted molar refractivity (Wildman–Crippen MR) is 111 cm³/mol. The second kappa shape index (κ2) is 6.84. The molecule has 8 nitrogen and oxygen atoms in total. The maximum Gasteiger partial charge on any atom is 0.152 e. The number of nitrogens with one attached hydrogen (secondary N) is 1. The highest BCUT2D eigenvalue weighted by Crippen LogP contribution is 2.37. The summed E-state index contributed by atoms with van der Waals surface area (Å²) in [6, 6.07) is 4.00. The fourth-order valence-corrected chi connectivity index (χ4v) is 5.18. The summed E-state index contributed by atoms with van der Waals surface area (Å²) in [6.07, 6.45) is 4.34. The Morgan fingerprint density at radius 2 is 2.29 bits per heavy atom. The van der Waals surface area contributed by atoms with E-state index in [0.29, 0.717) is 5.82 Å². The van der Waals surface area contributed by atoms with Crippen LogP contribution in [-0.2, 0) is 13.5 Å². The largest absolute Gasteiger partial charge is 0.392 e. The van der Waals surface area contributed by atoms with Crippen molar-refractivity contribution in [3.8, 4) is 10.6 Å². The Morgan fingerprint density at radius 3 is 3.04 bits per heavy atom. The fraction of sp³-hybridized carbons (Fsp3) is 0.421. The Hall–Kier alpha value is -2.49. The highest BCUT2D eigenvalue weighted by Gasteiger charge is 2.21. The topological polar surface area (TPSA) is 109 Å². The number of thiophene rings is 1. The molecule has 1 atom stereocenters. The molecule has 28 heavy (non-hydrogen) atoms. The quantitative estimate of drug-likeness (QED) is 0.476. The molecule has 1 saturated heterocycles. The maximum atomic E-state index is 9.67. The number of nitrogen functional groups attached to an aromatic ring is 1. The number of H-pyrrole nitrogens is 1. The van der Waals surface area contributed by atoms with Crippen LogP contribution in [-0.4, -0.2) is 60.5 Å². The van der Waals surface area contributed by atoms with E-state index in [1.807, 2.05) is 6.07 Å². The second-order valence-electron chi connectivity index (χ2n) is 7.42. The minimum absolute atomic E-state index is 0.169. The first-order chi connectivity index (χ1) is 13.6. The first kappa shape index (κ1) is 17.6. The van der Waals surface area contributed by atoms with E-state index in [4.69, 9.17) is 10.7 Å². The van der Waals surface area contributed by atoms with E-state index in [1.165, 1.54) is 0 Å². The van der Waals surface area contributed by atoms with Crippen molar-refractivity contribution in [1.82, 2.24) is 29.6 Å². The molecule has 146 valence electrons. The monoisotopic (exact) mass is 397 g/mol. The van der Waals surface area contributed by atoms with Crippen LogP contribution in [0, 0.1) is 0 Å². The molecule has 4 N–H and O–H groups in total. The number of aromatic amines is 1. The standard InChI is InChI=1S/C19H23N7OS/c1-25-15(3-2-7-26-8-5-11(27)10-26)23-16-17(25)18-13(22-19(16)20)9-14(28-18)12-4-6-21-24-12/h4,6,9,11,27H,2-3,5,7-8,10H2,1H3,(H2,20,22)(H,21,24). The summed E-state index contributed by atoms with van der Waals surface area (Å²) in [7, 11) is 2.05. The van der Waals surface area contributed by atoms with Crippen molar-refractivity contribution in [2.45, 2.75) is 25.4 Å². The van der Waals surface area contributed by atoms with Crippen LogP contribution in [0.5, 0.6) is 0 Å². The third kappa shape index (κ3) is 2.95. The molecule has 4 aromatic heterocycles. The lowest BCUT2D eigenvalue weighted by atomic mass is 10.3. The van der Waals surface area contributed by atoms with Crippen molar-refractivity contribution in [2.75, 3.05) is 25.4 Å². The van der Waals surface area contributed by atoms with Gasteiger partial charge in [-0.3, -0.25) is 5.10 Å². The smallest absolute Gasteiger partial charge is 0.152 e. The summed E-state index contributed by atoms with van der Waals surface area (Å²) in [5.41, 5.74) is 9.93. The Bertz CT molecular complexity index is 1130. The van der Waals surface area contributed by atoms with Crippen LogP contribution in [0.2, 0.25) is 0 Å². The van der Waals surface area contributed by atoms with Gasteiger partial charge in [-0.15, -0.1) is 11.3 Å². The van der Waals surface area contributed by atoms with Gasteiger partial charge in [0.25, 0.3) is 0 Å². The van der Waals surface area contributed by atoms with Crippen molar-refractivity contribution in [3.05, 3.63) is 24.2 Å². The Morgan fingerprint density at radius 1 is 1.39 bits per heavy atom. The number of aliphatic hydroxyl groups excluding tert-OH is 1. The summed E-state index contributed by atoms with van der Waals surface area (Å²) in [6.45, 7) is 2.74. The highest BCUT2D eigenvalue weighted by molar-refractivity contribution is 7.23. The summed E-state index contributed by atoms with van der Waals surface area (Å²) in [5, 5.41) is 16.7. The van der Waals surface area contributed by atoms with Crippen LogP contribution in [0.1, 0.15) is 18.7 Å². The van der Waals surface area contributed by atoms with E-state index in [1.54, 1.807) is 17.5 Å². The number of β-amino-alcohol motifs (C(OH)–C–C–N with tert-alkyl or cyclic N) is 1. The second-order valence-corrected chi connectivity index (χ2v) is 8.48. The SMILES string of the molecule is Cn1c(CCCN2CCC(O)C2)nc2c(N)nc3cc(-c4ccn[nH]4)sc3c21. The molecule has 0 amide bonds. The third-order valence-corrected chi connectivity index (χ3v) is 6.65. The number of hydrogen-bond acceptors (Lipinski definition) is 7. The molecule has 9 heteroatoms. The zero-order chi connectivity index (χ0) is 19.3. The van der Waals surface area contributed by atoms with Gasteiger partial charge < -0.3 is 20.3 Å². The van der Waals surface area contributed by atoms with Crippen molar-refractivity contribution in [2.24, 2.45) is 7.05 Å². The molecule has 0 aromatic carbocycles. The number of fused-ring (bicyclic) bond motifs is 3. The number of hydrogen-bond donors (Lipinski definition) is 3. The van der Waals surface area contributed by atoms with Crippen LogP contribution in [0.3, 0.4) is 0 Å². The first-order valence-corrected chi connectivity index (χ1v) is 10.4.